The van der Waals surface area contributed by atoms with E-state index in [1.54, 1.807) is 25.2 Å². The minimum Gasteiger partial charge on any atom is -0.373 e. The molecule has 2 heterocycles. The highest BCUT2D eigenvalue weighted by Crippen LogP contribution is 2.32. The van der Waals surface area contributed by atoms with Crippen LogP contribution < -0.4 is 5.32 Å². The molecule has 0 spiro atoms. The largest absolute Gasteiger partial charge is 0.373 e. The monoisotopic (exact) mass is 349 g/mol. The van der Waals surface area contributed by atoms with Crippen molar-refractivity contribution in [3.8, 4) is 22.6 Å². The number of aromatic nitrogens is 4. The van der Waals surface area contributed by atoms with E-state index in [1.165, 1.54) is 36.8 Å². The van der Waals surface area contributed by atoms with Gasteiger partial charge in [-0.15, -0.1) is 0 Å². The SMILES string of the molecule is CNc1nc(-c2cnccn2)nc2c(F)c(-c3cccc(F)c3)ccc12. The molecule has 0 bridgehead atoms. The van der Waals surface area contributed by atoms with Crippen molar-refractivity contribution in [1.29, 1.82) is 0 Å². The van der Waals surface area contributed by atoms with Gasteiger partial charge in [-0.3, -0.25) is 4.98 Å². The first kappa shape index (κ1) is 16.0. The van der Waals surface area contributed by atoms with E-state index in [-0.39, 0.29) is 16.9 Å². The zero-order valence-electron chi connectivity index (χ0n) is 13.7. The number of hydrogen-bond donors (Lipinski definition) is 1. The maximum Gasteiger partial charge on any atom is 0.182 e. The zero-order chi connectivity index (χ0) is 18.1. The van der Waals surface area contributed by atoms with Crippen LogP contribution in [-0.4, -0.2) is 27.0 Å². The van der Waals surface area contributed by atoms with Gasteiger partial charge >= 0.3 is 0 Å². The molecule has 0 atom stereocenters. The highest BCUT2D eigenvalue weighted by atomic mass is 19.1. The lowest BCUT2D eigenvalue weighted by Gasteiger charge is -2.11. The van der Waals surface area contributed by atoms with E-state index in [0.29, 0.717) is 22.5 Å². The number of benzene rings is 2. The molecular weight excluding hydrogens is 336 g/mol. The molecule has 0 amide bonds. The van der Waals surface area contributed by atoms with Crippen LogP contribution in [-0.2, 0) is 0 Å². The second-order valence-electron chi connectivity index (χ2n) is 5.57. The van der Waals surface area contributed by atoms with Crippen LogP contribution in [0.3, 0.4) is 0 Å². The lowest BCUT2D eigenvalue weighted by atomic mass is 10.0. The number of halogens is 2. The number of hydrogen-bond acceptors (Lipinski definition) is 5. The van der Waals surface area contributed by atoms with E-state index in [2.05, 4.69) is 25.3 Å². The van der Waals surface area contributed by atoms with E-state index in [4.69, 9.17) is 0 Å². The van der Waals surface area contributed by atoms with E-state index in [0.717, 1.165) is 0 Å². The molecule has 4 aromatic rings. The molecule has 4 rings (SSSR count). The molecule has 2 aromatic heterocycles. The second kappa shape index (κ2) is 6.44. The molecule has 0 unspecified atom stereocenters. The van der Waals surface area contributed by atoms with Crippen LogP contribution in [0.25, 0.3) is 33.5 Å². The van der Waals surface area contributed by atoms with E-state index in [1.807, 2.05) is 0 Å². The Bertz CT molecular complexity index is 1100. The van der Waals surface area contributed by atoms with Crippen molar-refractivity contribution in [2.75, 3.05) is 12.4 Å². The van der Waals surface area contributed by atoms with Crippen LogP contribution >= 0.6 is 0 Å². The molecule has 0 aliphatic carbocycles. The highest BCUT2D eigenvalue weighted by molar-refractivity contribution is 5.93. The summed E-state index contributed by atoms with van der Waals surface area (Å²) in [6.45, 7) is 0. The van der Waals surface area contributed by atoms with Gasteiger partial charge in [-0.2, -0.15) is 0 Å². The first-order valence-corrected chi connectivity index (χ1v) is 7.87. The lowest BCUT2D eigenvalue weighted by molar-refractivity contribution is 0.626. The quantitative estimate of drug-likeness (QED) is 0.604. The number of nitrogens with one attached hydrogen (secondary N) is 1. The fourth-order valence-electron chi connectivity index (χ4n) is 2.76. The number of anilines is 1. The van der Waals surface area contributed by atoms with Crippen LogP contribution in [0.15, 0.2) is 55.0 Å². The van der Waals surface area contributed by atoms with Crippen molar-refractivity contribution >= 4 is 16.7 Å². The number of nitrogens with zero attached hydrogens (tertiary/aromatic N) is 4. The first-order chi connectivity index (χ1) is 12.7. The lowest BCUT2D eigenvalue weighted by Crippen LogP contribution is -2.02. The van der Waals surface area contributed by atoms with Crippen LogP contribution in [0.1, 0.15) is 0 Å². The summed E-state index contributed by atoms with van der Waals surface area (Å²) in [6.07, 6.45) is 4.56. The van der Waals surface area contributed by atoms with Crippen molar-refractivity contribution in [3.05, 3.63) is 66.6 Å². The summed E-state index contributed by atoms with van der Waals surface area (Å²) in [7, 11) is 1.70. The second-order valence-corrected chi connectivity index (χ2v) is 5.57. The van der Waals surface area contributed by atoms with Gasteiger partial charge < -0.3 is 5.32 Å². The molecular formula is C19H13F2N5. The molecule has 0 fully saturated rings. The Morgan fingerprint density at radius 1 is 1.00 bits per heavy atom. The molecule has 1 N–H and O–H groups in total. The molecule has 2 aromatic carbocycles. The van der Waals surface area contributed by atoms with Crippen LogP contribution in [0.2, 0.25) is 0 Å². The molecule has 0 aliphatic rings. The standard InChI is InChI=1S/C19H13F2N5/c1-22-18-14-6-5-13(11-3-2-4-12(20)9-11)16(21)17(14)25-19(26-18)15-10-23-7-8-24-15/h2-10H,1H3,(H,22,25,26). The summed E-state index contributed by atoms with van der Waals surface area (Å²) in [5.41, 5.74) is 1.27. The van der Waals surface area contributed by atoms with Crippen molar-refractivity contribution in [2.24, 2.45) is 0 Å². The molecule has 26 heavy (non-hydrogen) atoms. The Hall–Kier alpha value is -3.48. The third kappa shape index (κ3) is 2.73. The Balaban J connectivity index is 1.98. The van der Waals surface area contributed by atoms with Gasteiger partial charge in [0.2, 0.25) is 0 Å². The average Bonchev–Trinajstić information content (AvgIpc) is 2.68. The van der Waals surface area contributed by atoms with Crippen molar-refractivity contribution < 1.29 is 8.78 Å². The van der Waals surface area contributed by atoms with E-state index >= 15 is 4.39 Å². The summed E-state index contributed by atoms with van der Waals surface area (Å²) >= 11 is 0. The third-order valence-corrected chi connectivity index (χ3v) is 3.97. The molecule has 0 saturated heterocycles. The van der Waals surface area contributed by atoms with Crippen molar-refractivity contribution in [1.82, 2.24) is 19.9 Å². The van der Waals surface area contributed by atoms with Gasteiger partial charge in [0.25, 0.3) is 0 Å². The topological polar surface area (TPSA) is 63.6 Å². The minimum atomic E-state index is -0.544. The average molecular weight is 349 g/mol. The molecule has 0 radical (unpaired) electrons. The summed E-state index contributed by atoms with van der Waals surface area (Å²) in [4.78, 5) is 16.9. The van der Waals surface area contributed by atoms with Gasteiger partial charge in [0.1, 0.15) is 22.8 Å². The van der Waals surface area contributed by atoms with Gasteiger partial charge in [0.15, 0.2) is 11.6 Å². The molecule has 128 valence electrons. The van der Waals surface area contributed by atoms with Gasteiger partial charge in [-0.05, 0) is 23.8 Å². The number of fused-ring (bicyclic) bond motifs is 1. The summed E-state index contributed by atoms with van der Waals surface area (Å²) in [6, 6.07) is 9.10. The van der Waals surface area contributed by atoms with E-state index in [9.17, 15) is 4.39 Å². The van der Waals surface area contributed by atoms with Crippen molar-refractivity contribution in [3.63, 3.8) is 0 Å². The predicted molar refractivity (Wildman–Crippen MR) is 95.5 cm³/mol. The molecule has 5 nitrogen and oxygen atoms in total. The Kier molecular flexibility index (Phi) is 3.96. The first-order valence-electron chi connectivity index (χ1n) is 7.87. The van der Waals surface area contributed by atoms with Crippen LogP contribution in [0.5, 0.6) is 0 Å². The van der Waals surface area contributed by atoms with Gasteiger partial charge in [-0.25, -0.2) is 23.7 Å². The summed E-state index contributed by atoms with van der Waals surface area (Å²) in [5, 5.41) is 3.48. The normalized spacial score (nSPS) is 10.9. The minimum absolute atomic E-state index is 0.131. The maximum absolute atomic E-state index is 15.2. The number of rotatable bonds is 3. The highest BCUT2D eigenvalue weighted by Gasteiger charge is 2.16. The fourth-order valence-corrected chi connectivity index (χ4v) is 2.76. The Labute approximate surface area is 147 Å². The predicted octanol–water partition coefficient (Wildman–Crippen LogP) is 4.07. The van der Waals surface area contributed by atoms with Crippen molar-refractivity contribution in [2.45, 2.75) is 0 Å². The maximum atomic E-state index is 15.2. The van der Waals surface area contributed by atoms with Gasteiger partial charge in [-0.1, -0.05) is 18.2 Å². The van der Waals surface area contributed by atoms with Gasteiger partial charge in [0.05, 0.1) is 6.20 Å². The molecule has 0 saturated carbocycles. The Morgan fingerprint density at radius 2 is 1.88 bits per heavy atom. The third-order valence-electron chi connectivity index (χ3n) is 3.97. The van der Waals surface area contributed by atoms with E-state index < -0.39 is 11.6 Å². The van der Waals surface area contributed by atoms with Crippen LogP contribution in [0, 0.1) is 11.6 Å². The fraction of sp³-hybridized carbons (Fsp3) is 0.0526. The van der Waals surface area contributed by atoms with Gasteiger partial charge in [0, 0.05) is 30.4 Å². The molecule has 0 aliphatic heterocycles. The summed E-state index contributed by atoms with van der Waals surface area (Å²) < 4.78 is 28.8. The van der Waals surface area contributed by atoms with Crippen LogP contribution in [0.4, 0.5) is 14.6 Å². The smallest absolute Gasteiger partial charge is 0.182 e. The summed E-state index contributed by atoms with van der Waals surface area (Å²) in [5.74, 6) is -0.247. The zero-order valence-corrected chi connectivity index (χ0v) is 13.7. The molecule has 7 heteroatoms. The Morgan fingerprint density at radius 3 is 2.62 bits per heavy atom.